The third-order valence-electron chi connectivity index (χ3n) is 4.98. The number of β-amino-alcohol motifs (C(OH)–C–C–N with tert-alkyl or cyclic N) is 1. The van der Waals surface area contributed by atoms with Crippen LogP contribution in [0.4, 0.5) is 0 Å². The van der Waals surface area contributed by atoms with E-state index in [1.807, 2.05) is 37.3 Å². The summed E-state index contributed by atoms with van der Waals surface area (Å²) in [7, 11) is 1.62. The van der Waals surface area contributed by atoms with Crippen molar-refractivity contribution in [1.29, 1.82) is 0 Å². The normalized spacial score (nSPS) is 20.0. The average molecular weight is 354 g/mol. The van der Waals surface area contributed by atoms with E-state index in [-0.39, 0.29) is 11.8 Å². The fraction of sp³-hybridized carbons (Fsp3) is 0.368. The summed E-state index contributed by atoms with van der Waals surface area (Å²) in [6.45, 7) is 2.80. The molecule has 3 N–H and O–H groups in total. The van der Waals surface area contributed by atoms with Crippen LogP contribution in [0.25, 0.3) is 10.9 Å². The SMILES string of the molecule is COc1ccc2[nH]c(C(=O)N3C[C@@H](Cc4cc(C)[nH]n4)[C@H](O)C3)cc2c1. The van der Waals surface area contributed by atoms with Gasteiger partial charge in [0.1, 0.15) is 11.4 Å². The predicted molar refractivity (Wildman–Crippen MR) is 97.3 cm³/mol. The number of ether oxygens (including phenoxy) is 1. The third-order valence-corrected chi connectivity index (χ3v) is 4.98. The van der Waals surface area contributed by atoms with Crippen LogP contribution in [0.2, 0.25) is 0 Å². The second kappa shape index (κ2) is 6.49. The highest BCUT2D eigenvalue weighted by molar-refractivity contribution is 5.98. The molecule has 4 rings (SSSR count). The summed E-state index contributed by atoms with van der Waals surface area (Å²) in [5.41, 5.74) is 3.32. The highest BCUT2D eigenvalue weighted by Crippen LogP contribution is 2.25. The highest BCUT2D eigenvalue weighted by atomic mass is 16.5. The monoisotopic (exact) mass is 354 g/mol. The number of fused-ring (bicyclic) bond motifs is 1. The summed E-state index contributed by atoms with van der Waals surface area (Å²) in [6.07, 6.45) is 0.111. The van der Waals surface area contributed by atoms with Gasteiger partial charge in [-0.1, -0.05) is 0 Å². The van der Waals surface area contributed by atoms with E-state index in [0.29, 0.717) is 25.2 Å². The molecule has 1 saturated heterocycles. The minimum atomic E-state index is -0.541. The Balaban J connectivity index is 1.49. The number of methoxy groups -OCH3 is 1. The summed E-state index contributed by atoms with van der Waals surface area (Å²) < 4.78 is 5.23. The number of nitrogens with zero attached hydrogens (tertiary/aromatic N) is 2. The molecule has 1 amide bonds. The van der Waals surface area contributed by atoms with E-state index >= 15 is 0 Å². The number of H-pyrrole nitrogens is 2. The summed E-state index contributed by atoms with van der Waals surface area (Å²) in [5, 5.41) is 18.4. The lowest BCUT2D eigenvalue weighted by molar-refractivity contribution is 0.0760. The number of carbonyl (C=O) groups is 1. The largest absolute Gasteiger partial charge is 0.497 e. The molecule has 1 aliphatic heterocycles. The van der Waals surface area contributed by atoms with Crippen LogP contribution >= 0.6 is 0 Å². The van der Waals surface area contributed by atoms with Gasteiger partial charge >= 0.3 is 0 Å². The van der Waals surface area contributed by atoms with Crippen LogP contribution in [-0.4, -0.2) is 57.4 Å². The van der Waals surface area contributed by atoms with Gasteiger partial charge < -0.3 is 19.7 Å². The van der Waals surface area contributed by atoms with E-state index in [0.717, 1.165) is 28.0 Å². The van der Waals surface area contributed by atoms with Crippen LogP contribution in [-0.2, 0) is 6.42 Å². The van der Waals surface area contributed by atoms with Crippen molar-refractivity contribution in [3.05, 3.63) is 47.4 Å². The van der Waals surface area contributed by atoms with Crippen molar-refractivity contribution in [3.8, 4) is 5.75 Å². The maximum atomic E-state index is 12.8. The minimum absolute atomic E-state index is 0.00822. The number of rotatable bonds is 4. The fourth-order valence-electron chi connectivity index (χ4n) is 3.59. The van der Waals surface area contributed by atoms with Gasteiger partial charge in [0.05, 0.1) is 18.9 Å². The molecule has 1 aliphatic rings. The number of amides is 1. The van der Waals surface area contributed by atoms with Crippen molar-refractivity contribution in [2.24, 2.45) is 5.92 Å². The Morgan fingerprint density at radius 1 is 1.35 bits per heavy atom. The van der Waals surface area contributed by atoms with Crippen molar-refractivity contribution in [1.82, 2.24) is 20.1 Å². The molecule has 2 aromatic heterocycles. The van der Waals surface area contributed by atoms with Crippen molar-refractivity contribution >= 4 is 16.8 Å². The molecule has 7 nitrogen and oxygen atoms in total. The molecule has 26 heavy (non-hydrogen) atoms. The Kier molecular flexibility index (Phi) is 4.16. The van der Waals surface area contributed by atoms with Gasteiger partial charge in [-0.05, 0) is 43.7 Å². The smallest absolute Gasteiger partial charge is 0.270 e. The van der Waals surface area contributed by atoms with Crippen LogP contribution in [0.1, 0.15) is 21.9 Å². The molecule has 1 fully saturated rings. The number of carbonyl (C=O) groups excluding carboxylic acids is 1. The van der Waals surface area contributed by atoms with Crippen molar-refractivity contribution in [2.45, 2.75) is 19.4 Å². The number of benzene rings is 1. The fourth-order valence-corrected chi connectivity index (χ4v) is 3.59. The molecule has 0 aliphatic carbocycles. The molecule has 0 spiro atoms. The second-order valence-corrected chi connectivity index (χ2v) is 6.92. The molecule has 0 unspecified atom stereocenters. The van der Waals surface area contributed by atoms with Gasteiger partial charge in [0.25, 0.3) is 5.91 Å². The van der Waals surface area contributed by atoms with Gasteiger partial charge in [-0.25, -0.2) is 0 Å². The lowest BCUT2D eigenvalue weighted by atomic mass is 10.0. The summed E-state index contributed by atoms with van der Waals surface area (Å²) >= 11 is 0. The zero-order chi connectivity index (χ0) is 18.3. The van der Waals surface area contributed by atoms with Crippen molar-refractivity contribution < 1.29 is 14.6 Å². The number of aliphatic hydroxyl groups excluding tert-OH is 1. The van der Waals surface area contributed by atoms with Gasteiger partial charge in [0, 0.05) is 35.6 Å². The number of hydrogen-bond acceptors (Lipinski definition) is 4. The Morgan fingerprint density at radius 3 is 2.92 bits per heavy atom. The topological polar surface area (TPSA) is 94.2 Å². The standard InChI is InChI=1S/C19H22N4O3/c1-11-5-14(22-21-11)6-13-9-23(10-18(13)24)19(25)17-8-12-7-15(26-2)3-4-16(12)20-17/h3-5,7-8,13,18,20,24H,6,9-10H2,1-2H3,(H,21,22)/t13-,18-/m1/s1. The molecule has 136 valence electrons. The first-order chi connectivity index (χ1) is 12.5. The Bertz CT molecular complexity index is 945. The summed E-state index contributed by atoms with van der Waals surface area (Å²) in [5.74, 6) is 0.646. The maximum Gasteiger partial charge on any atom is 0.270 e. The van der Waals surface area contributed by atoms with Crippen LogP contribution in [0.5, 0.6) is 5.75 Å². The first kappa shape index (κ1) is 16.7. The third kappa shape index (κ3) is 3.06. The molecule has 3 heterocycles. The first-order valence-corrected chi connectivity index (χ1v) is 8.68. The predicted octanol–water partition coefficient (Wildman–Crippen LogP) is 1.88. The van der Waals surface area contributed by atoms with E-state index in [1.165, 1.54) is 0 Å². The van der Waals surface area contributed by atoms with Gasteiger partial charge in [-0.15, -0.1) is 0 Å². The minimum Gasteiger partial charge on any atom is -0.497 e. The first-order valence-electron chi connectivity index (χ1n) is 8.68. The number of nitrogens with one attached hydrogen (secondary N) is 2. The number of aliphatic hydroxyl groups is 1. The lowest BCUT2D eigenvalue weighted by Crippen LogP contribution is -2.29. The van der Waals surface area contributed by atoms with E-state index < -0.39 is 6.10 Å². The maximum absolute atomic E-state index is 12.8. The second-order valence-electron chi connectivity index (χ2n) is 6.92. The van der Waals surface area contributed by atoms with Gasteiger partial charge in [-0.2, -0.15) is 5.10 Å². The van der Waals surface area contributed by atoms with Gasteiger partial charge in [0.15, 0.2) is 0 Å². The molecule has 0 saturated carbocycles. The quantitative estimate of drug-likeness (QED) is 0.667. The molecule has 1 aromatic carbocycles. The Labute approximate surface area is 151 Å². The zero-order valence-corrected chi connectivity index (χ0v) is 14.8. The van der Waals surface area contributed by atoms with Crippen molar-refractivity contribution in [3.63, 3.8) is 0 Å². The average Bonchev–Trinajstić information content (AvgIpc) is 3.33. The molecular weight excluding hydrogens is 332 g/mol. The molecule has 0 bridgehead atoms. The summed E-state index contributed by atoms with van der Waals surface area (Å²) in [4.78, 5) is 17.7. The summed E-state index contributed by atoms with van der Waals surface area (Å²) in [6, 6.07) is 9.45. The van der Waals surface area contributed by atoms with Gasteiger partial charge in [0.2, 0.25) is 0 Å². The van der Waals surface area contributed by atoms with Crippen LogP contribution in [0.15, 0.2) is 30.3 Å². The van der Waals surface area contributed by atoms with Crippen LogP contribution < -0.4 is 4.74 Å². The Morgan fingerprint density at radius 2 is 2.19 bits per heavy atom. The molecular formula is C19H22N4O3. The highest BCUT2D eigenvalue weighted by Gasteiger charge is 2.35. The molecule has 0 radical (unpaired) electrons. The van der Waals surface area contributed by atoms with E-state index in [1.54, 1.807) is 12.0 Å². The van der Waals surface area contributed by atoms with Gasteiger partial charge in [-0.3, -0.25) is 9.89 Å². The number of hydrogen-bond donors (Lipinski definition) is 3. The van der Waals surface area contributed by atoms with Crippen molar-refractivity contribution in [2.75, 3.05) is 20.2 Å². The molecule has 7 heteroatoms. The van der Waals surface area contributed by atoms with E-state index in [9.17, 15) is 9.90 Å². The van der Waals surface area contributed by atoms with E-state index in [4.69, 9.17) is 4.74 Å². The number of aromatic amines is 2. The number of aryl methyl sites for hydroxylation is 1. The zero-order valence-electron chi connectivity index (χ0n) is 14.8. The number of likely N-dealkylation sites (tertiary alicyclic amines) is 1. The van der Waals surface area contributed by atoms with Crippen LogP contribution in [0.3, 0.4) is 0 Å². The molecule has 3 aromatic rings. The lowest BCUT2D eigenvalue weighted by Gasteiger charge is -2.14. The number of aromatic nitrogens is 3. The van der Waals surface area contributed by atoms with E-state index in [2.05, 4.69) is 15.2 Å². The van der Waals surface area contributed by atoms with Crippen LogP contribution in [0, 0.1) is 12.8 Å². The Hall–Kier alpha value is -2.80. The molecule has 2 atom stereocenters.